The van der Waals surface area contributed by atoms with E-state index >= 15 is 0 Å². The molecule has 2 N–H and O–H groups in total. The fourth-order valence-electron chi connectivity index (χ4n) is 1.59. The maximum Gasteiger partial charge on any atom is 0.324 e. The van der Waals surface area contributed by atoms with Gasteiger partial charge >= 0.3 is 12.0 Å². The summed E-state index contributed by atoms with van der Waals surface area (Å²) >= 11 is 0. The van der Waals surface area contributed by atoms with Crippen LogP contribution in [0, 0.1) is 5.41 Å². The maximum absolute atomic E-state index is 9.14. The molecule has 0 aliphatic carbocycles. The number of aliphatic hydroxyl groups is 1. The second-order valence-corrected chi connectivity index (χ2v) is 5.21. The van der Waals surface area contributed by atoms with Crippen molar-refractivity contribution in [2.45, 2.75) is 33.2 Å². The first-order valence-electron chi connectivity index (χ1n) is 6.12. The lowest BCUT2D eigenvalue weighted by atomic mass is 9.85. The van der Waals surface area contributed by atoms with Gasteiger partial charge in [-0.1, -0.05) is 20.8 Å². The van der Waals surface area contributed by atoms with Crippen molar-refractivity contribution in [1.82, 2.24) is 15.0 Å². The Hall–Kier alpha value is -1.63. The van der Waals surface area contributed by atoms with Gasteiger partial charge < -0.3 is 19.9 Å². The molecule has 1 heterocycles. The van der Waals surface area contributed by atoms with Crippen molar-refractivity contribution < 1.29 is 14.6 Å². The van der Waals surface area contributed by atoms with Crippen LogP contribution >= 0.6 is 0 Å². The molecule has 0 radical (unpaired) electrons. The zero-order valence-electron chi connectivity index (χ0n) is 12.1. The number of nitrogens with one attached hydrogen (secondary N) is 1. The quantitative estimate of drug-likeness (QED) is 0.800. The molecular formula is C12H22N4O3. The molecule has 1 atom stereocenters. The molecule has 1 rings (SSSR count). The van der Waals surface area contributed by atoms with Crippen molar-refractivity contribution in [2.24, 2.45) is 5.41 Å². The SMILES string of the molecule is COc1nc(NC(CCO)C(C)(C)C)nc(OC)n1. The Balaban J connectivity index is 2.95. The largest absolute Gasteiger partial charge is 0.467 e. The molecule has 0 aliphatic heterocycles. The van der Waals surface area contributed by atoms with Gasteiger partial charge in [0.25, 0.3) is 0 Å². The number of aromatic nitrogens is 3. The third-order valence-corrected chi connectivity index (χ3v) is 2.73. The molecule has 108 valence electrons. The monoisotopic (exact) mass is 270 g/mol. The predicted molar refractivity (Wildman–Crippen MR) is 71.5 cm³/mol. The van der Waals surface area contributed by atoms with E-state index in [1.807, 2.05) is 0 Å². The van der Waals surface area contributed by atoms with Crippen LogP contribution in [-0.2, 0) is 0 Å². The standard InChI is InChI=1S/C12H22N4O3/c1-12(2,3)8(6-7-17)13-9-14-10(18-4)16-11(15-9)19-5/h8,17H,6-7H2,1-5H3,(H,13,14,15,16). The normalized spacial score (nSPS) is 12.9. The number of ether oxygens (including phenoxy) is 2. The summed E-state index contributed by atoms with van der Waals surface area (Å²) < 4.78 is 9.99. The van der Waals surface area contributed by atoms with Gasteiger partial charge in [-0.3, -0.25) is 0 Å². The molecule has 0 spiro atoms. The molecule has 0 saturated carbocycles. The molecule has 0 fully saturated rings. The minimum atomic E-state index is -0.0458. The van der Waals surface area contributed by atoms with Gasteiger partial charge in [0.2, 0.25) is 5.95 Å². The number of rotatable bonds is 6. The lowest BCUT2D eigenvalue weighted by Gasteiger charge is -2.31. The van der Waals surface area contributed by atoms with Crippen LogP contribution in [-0.4, -0.2) is 46.9 Å². The molecule has 0 aliphatic rings. The molecule has 1 aromatic heterocycles. The average molecular weight is 270 g/mol. The molecule has 7 heteroatoms. The molecule has 0 aromatic carbocycles. The van der Waals surface area contributed by atoms with Gasteiger partial charge in [0.1, 0.15) is 0 Å². The Labute approximate surface area is 113 Å². The summed E-state index contributed by atoms with van der Waals surface area (Å²) in [5.41, 5.74) is -0.0458. The molecule has 0 amide bonds. The predicted octanol–water partition coefficient (Wildman–Crippen LogP) is 1.10. The van der Waals surface area contributed by atoms with E-state index in [-0.39, 0.29) is 30.1 Å². The highest BCUT2D eigenvalue weighted by atomic mass is 16.5. The van der Waals surface area contributed by atoms with Gasteiger partial charge in [0, 0.05) is 12.6 Å². The van der Waals surface area contributed by atoms with E-state index in [2.05, 4.69) is 41.0 Å². The van der Waals surface area contributed by atoms with E-state index in [4.69, 9.17) is 14.6 Å². The van der Waals surface area contributed by atoms with Gasteiger partial charge in [-0.2, -0.15) is 9.97 Å². The summed E-state index contributed by atoms with van der Waals surface area (Å²) in [6.45, 7) is 6.33. The van der Waals surface area contributed by atoms with Crippen LogP contribution in [0.3, 0.4) is 0 Å². The summed E-state index contributed by atoms with van der Waals surface area (Å²) in [6.07, 6.45) is 0.597. The zero-order valence-corrected chi connectivity index (χ0v) is 12.1. The van der Waals surface area contributed by atoms with E-state index in [1.165, 1.54) is 14.2 Å². The van der Waals surface area contributed by atoms with Crippen LogP contribution in [0.1, 0.15) is 27.2 Å². The molecule has 7 nitrogen and oxygen atoms in total. The number of nitrogens with zero attached hydrogens (tertiary/aromatic N) is 3. The van der Waals surface area contributed by atoms with Crippen LogP contribution in [0.25, 0.3) is 0 Å². The van der Waals surface area contributed by atoms with Crippen LogP contribution in [0.15, 0.2) is 0 Å². The summed E-state index contributed by atoms with van der Waals surface area (Å²) in [7, 11) is 2.96. The van der Waals surface area contributed by atoms with Crippen molar-refractivity contribution in [3.05, 3.63) is 0 Å². The Morgan fingerprint density at radius 1 is 1.11 bits per heavy atom. The molecular weight excluding hydrogens is 248 g/mol. The number of hydrogen-bond acceptors (Lipinski definition) is 7. The fraction of sp³-hybridized carbons (Fsp3) is 0.750. The Morgan fingerprint density at radius 2 is 1.63 bits per heavy atom. The molecule has 1 aromatic rings. The summed E-state index contributed by atoms with van der Waals surface area (Å²) in [5, 5.41) is 12.3. The first-order chi connectivity index (χ1) is 8.90. The number of hydrogen-bond donors (Lipinski definition) is 2. The van der Waals surface area contributed by atoms with Gasteiger partial charge in [-0.25, -0.2) is 0 Å². The maximum atomic E-state index is 9.14. The lowest BCUT2D eigenvalue weighted by molar-refractivity contribution is 0.234. The highest BCUT2D eigenvalue weighted by molar-refractivity contribution is 5.29. The number of methoxy groups -OCH3 is 2. The summed E-state index contributed by atoms with van der Waals surface area (Å²) in [6, 6.07) is 0.395. The first kappa shape index (κ1) is 15.4. The number of aliphatic hydroxyl groups excluding tert-OH is 1. The molecule has 0 saturated heterocycles. The number of anilines is 1. The second-order valence-electron chi connectivity index (χ2n) is 5.21. The Bertz CT molecular complexity index is 384. The van der Waals surface area contributed by atoms with E-state index in [0.29, 0.717) is 12.4 Å². The Kier molecular flexibility index (Phi) is 5.29. The topological polar surface area (TPSA) is 89.4 Å². The third kappa shape index (κ3) is 4.51. The van der Waals surface area contributed by atoms with Crippen LogP contribution in [0.2, 0.25) is 0 Å². The Morgan fingerprint density at radius 3 is 2.00 bits per heavy atom. The van der Waals surface area contributed by atoms with Gasteiger partial charge in [0.05, 0.1) is 14.2 Å². The average Bonchev–Trinajstić information content (AvgIpc) is 2.36. The summed E-state index contributed by atoms with van der Waals surface area (Å²) in [4.78, 5) is 12.2. The minimum absolute atomic E-state index is 0.0225. The highest BCUT2D eigenvalue weighted by Crippen LogP contribution is 2.25. The van der Waals surface area contributed by atoms with Crippen molar-refractivity contribution >= 4 is 5.95 Å². The van der Waals surface area contributed by atoms with Crippen LogP contribution in [0.5, 0.6) is 12.0 Å². The van der Waals surface area contributed by atoms with Crippen molar-refractivity contribution in [3.8, 4) is 12.0 Å². The minimum Gasteiger partial charge on any atom is -0.467 e. The lowest BCUT2D eigenvalue weighted by Crippen LogP contribution is -2.35. The van der Waals surface area contributed by atoms with Crippen LogP contribution < -0.4 is 14.8 Å². The van der Waals surface area contributed by atoms with Crippen molar-refractivity contribution in [1.29, 1.82) is 0 Å². The van der Waals surface area contributed by atoms with Gasteiger partial charge in [-0.15, -0.1) is 4.98 Å². The molecule has 1 unspecified atom stereocenters. The second kappa shape index (κ2) is 6.51. The zero-order chi connectivity index (χ0) is 14.5. The van der Waals surface area contributed by atoms with E-state index in [0.717, 1.165) is 0 Å². The summed E-state index contributed by atoms with van der Waals surface area (Å²) in [5.74, 6) is 0.372. The van der Waals surface area contributed by atoms with Crippen molar-refractivity contribution in [2.75, 3.05) is 26.1 Å². The fourth-order valence-corrected chi connectivity index (χ4v) is 1.59. The van der Waals surface area contributed by atoms with E-state index in [1.54, 1.807) is 0 Å². The smallest absolute Gasteiger partial charge is 0.324 e. The van der Waals surface area contributed by atoms with Crippen LogP contribution in [0.4, 0.5) is 5.95 Å². The van der Waals surface area contributed by atoms with Gasteiger partial charge in [0.15, 0.2) is 0 Å². The van der Waals surface area contributed by atoms with E-state index < -0.39 is 0 Å². The highest BCUT2D eigenvalue weighted by Gasteiger charge is 2.25. The first-order valence-corrected chi connectivity index (χ1v) is 6.12. The van der Waals surface area contributed by atoms with Crippen molar-refractivity contribution in [3.63, 3.8) is 0 Å². The molecule has 19 heavy (non-hydrogen) atoms. The van der Waals surface area contributed by atoms with E-state index in [9.17, 15) is 0 Å². The molecule has 0 bridgehead atoms. The third-order valence-electron chi connectivity index (χ3n) is 2.73. The van der Waals surface area contributed by atoms with Gasteiger partial charge in [-0.05, 0) is 11.8 Å².